The zero-order valence-electron chi connectivity index (χ0n) is 15.9. The molecule has 146 valence electrons. The van der Waals surface area contributed by atoms with Crippen LogP contribution in [0.2, 0.25) is 0 Å². The van der Waals surface area contributed by atoms with Gasteiger partial charge in [-0.25, -0.2) is 0 Å². The van der Waals surface area contributed by atoms with Crippen LogP contribution >= 0.6 is 0 Å². The molecule has 2 amide bonds. The van der Waals surface area contributed by atoms with Crippen molar-refractivity contribution in [3.8, 4) is 0 Å². The summed E-state index contributed by atoms with van der Waals surface area (Å²) in [4.78, 5) is 40.2. The second-order valence-corrected chi connectivity index (χ2v) is 7.57. The zero-order chi connectivity index (χ0) is 19.4. The topological polar surface area (TPSA) is 77.9 Å². The third kappa shape index (κ3) is 4.49. The highest BCUT2D eigenvalue weighted by Crippen LogP contribution is 2.30. The molecule has 0 radical (unpaired) electrons. The minimum atomic E-state index is -0.794. The van der Waals surface area contributed by atoms with Gasteiger partial charge in [-0.2, -0.15) is 0 Å². The number of carboxylic acid groups (broad SMARTS) is 1. The first-order valence-corrected chi connectivity index (χ1v) is 9.89. The van der Waals surface area contributed by atoms with E-state index in [-0.39, 0.29) is 17.7 Å². The molecule has 2 unspecified atom stereocenters. The lowest BCUT2D eigenvalue weighted by Crippen LogP contribution is -2.52. The Bertz CT molecular complexity index is 693. The molecular formula is C21H28N2O4. The highest BCUT2D eigenvalue weighted by Gasteiger charge is 2.34. The van der Waals surface area contributed by atoms with Gasteiger partial charge in [0.05, 0.1) is 5.92 Å². The summed E-state index contributed by atoms with van der Waals surface area (Å²) in [7, 11) is 0. The van der Waals surface area contributed by atoms with E-state index in [1.54, 1.807) is 9.80 Å². The van der Waals surface area contributed by atoms with E-state index in [1.807, 2.05) is 24.3 Å². The van der Waals surface area contributed by atoms with Crippen LogP contribution in [0, 0.1) is 11.8 Å². The van der Waals surface area contributed by atoms with Gasteiger partial charge in [-0.05, 0) is 43.4 Å². The highest BCUT2D eigenvalue weighted by atomic mass is 16.4. The zero-order valence-corrected chi connectivity index (χ0v) is 15.9. The van der Waals surface area contributed by atoms with E-state index >= 15 is 0 Å². The molecular weight excluding hydrogens is 344 g/mol. The SMILES string of the molecule is CCc1ccc(C(=O)N2CCN(C(=O)C3CCCC(C(=O)O)C3)CC2)cc1. The van der Waals surface area contributed by atoms with Crippen LogP contribution in [0.25, 0.3) is 0 Å². The maximum absolute atomic E-state index is 12.8. The number of aryl methyl sites for hydroxylation is 1. The Morgan fingerprint density at radius 3 is 2.15 bits per heavy atom. The lowest BCUT2D eigenvalue weighted by Gasteiger charge is -2.37. The standard InChI is InChI=1S/C21H28N2O4/c1-2-15-6-8-16(9-7-15)19(24)22-10-12-23(13-11-22)20(25)17-4-3-5-18(14-17)21(26)27/h6-9,17-18H,2-5,10-14H2,1H3,(H,26,27). The first-order valence-electron chi connectivity index (χ1n) is 9.89. The van der Waals surface area contributed by atoms with E-state index in [4.69, 9.17) is 0 Å². The Balaban J connectivity index is 1.54. The van der Waals surface area contributed by atoms with Gasteiger partial charge in [0, 0.05) is 37.7 Å². The molecule has 0 spiro atoms. The van der Waals surface area contributed by atoms with Crippen molar-refractivity contribution < 1.29 is 19.5 Å². The van der Waals surface area contributed by atoms with Gasteiger partial charge in [0.2, 0.25) is 5.91 Å². The number of rotatable bonds is 4. The maximum Gasteiger partial charge on any atom is 0.306 e. The predicted octanol–water partition coefficient (Wildman–Crippen LogP) is 2.42. The summed E-state index contributed by atoms with van der Waals surface area (Å²) in [5.41, 5.74) is 1.89. The second kappa shape index (κ2) is 8.55. The number of piperazine rings is 1. The number of aliphatic carboxylic acids is 1. The summed E-state index contributed by atoms with van der Waals surface area (Å²) in [6.07, 6.45) is 3.61. The Morgan fingerprint density at radius 2 is 1.56 bits per heavy atom. The summed E-state index contributed by atoms with van der Waals surface area (Å²) in [5.74, 6) is -1.32. The molecule has 1 N–H and O–H groups in total. The monoisotopic (exact) mass is 372 g/mol. The number of hydrogen-bond acceptors (Lipinski definition) is 3. The quantitative estimate of drug-likeness (QED) is 0.880. The van der Waals surface area contributed by atoms with Crippen LogP contribution in [0.4, 0.5) is 0 Å². The van der Waals surface area contributed by atoms with Crippen LogP contribution in [-0.4, -0.2) is 58.9 Å². The number of amides is 2. The van der Waals surface area contributed by atoms with E-state index in [0.29, 0.717) is 44.6 Å². The van der Waals surface area contributed by atoms with Crippen LogP contribution in [-0.2, 0) is 16.0 Å². The summed E-state index contributed by atoms with van der Waals surface area (Å²) in [6, 6.07) is 7.70. The summed E-state index contributed by atoms with van der Waals surface area (Å²) in [6.45, 7) is 4.17. The molecule has 1 heterocycles. The molecule has 0 aromatic heterocycles. The van der Waals surface area contributed by atoms with Crippen molar-refractivity contribution in [1.29, 1.82) is 0 Å². The highest BCUT2D eigenvalue weighted by molar-refractivity contribution is 5.94. The van der Waals surface area contributed by atoms with E-state index in [9.17, 15) is 19.5 Å². The maximum atomic E-state index is 12.8. The van der Waals surface area contributed by atoms with Crippen molar-refractivity contribution in [2.75, 3.05) is 26.2 Å². The Labute approximate surface area is 160 Å². The molecule has 1 aliphatic heterocycles. The molecule has 3 rings (SSSR count). The number of benzene rings is 1. The molecule has 1 saturated heterocycles. The van der Waals surface area contributed by atoms with E-state index in [0.717, 1.165) is 19.3 Å². The molecule has 2 atom stereocenters. The van der Waals surface area contributed by atoms with Crippen molar-refractivity contribution in [3.05, 3.63) is 35.4 Å². The first-order chi connectivity index (χ1) is 13.0. The Morgan fingerprint density at radius 1 is 0.963 bits per heavy atom. The third-order valence-electron chi connectivity index (χ3n) is 5.86. The van der Waals surface area contributed by atoms with Crippen molar-refractivity contribution in [1.82, 2.24) is 9.80 Å². The summed E-state index contributed by atoms with van der Waals surface area (Å²) >= 11 is 0. The van der Waals surface area contributed by atoms with Gasteiger partial charge >= 0.3 is 5.97 Å². The second-order valence-electron chi connectivity index (χ2n) is 7.57. The van der Waals surface area contributed by atoms with Crippen LogP contribution in [0.3, 0.4) is 0 Å². The molecule has 0 bridgehead atoms. The van der Waals surface area contributed by atoms with Crippen LogP contribution in [0.15, 0.2) is 24.3 Å². The molecule has 2 aliphatic rings. The molecule has 2 fully saturated rings. The molecule has 1 aliphatic carbocycles. The average Bonchev–Trinajstić information content (AvgIpc) is 2.73. The molecule has 27 heavy (non-hydrogen) atoms. The number of carboxylic acids is 1. The van der Waals surface area contributed by atoms with Crippen molar-refractivity contribution in [2.45, 2.75) is 39.0 Å². The molecule has 1 aromatic rings. The fourth-order valence-corrected chi connectivity index (χ4v) is 4.09. The minimum absolute atomic E-state index is 0.00774. The van der Waals surface area contributed by atoms with E-state index in [2.05, 4.69) is 6.92 Å². The summed E-state index contributed by atoms with van der Waals surface area (Å²) < 4.78 is 0. The van der Waals surface area contributed by atoms with Crippen molar-refractivity contribution in [3.63, 3.8) is 0 Å². The summed E-state index contributed by atoms with van der Waals surface area (Å²) in [5, 5.41) is 9.22. The lowest BCUT2D eigenvalue weighted by atomic mass is 9.80. The minimum Gasteiger partial charge on any atom is -0.481 e. The fourth-order valence-electron chi connectivity index (χ4n) is 4.09. The molecule has 1 aromatic carbocycles. The number of carbonyl (C=O) groups is 3. The number of carbonyl (C=O) groups excluding carboxylic acids is 2. The van der Waals surface area contributed by atoms with Gasteiger partial charge in [0.15, 0.2) is 0 Å². The van der Waals surface area contributed by atoms with Gasteiger partial charge in [-0.15, -0.1) is 0 Å². The van der Waals surface area contributed by atoms with Gasteiger partial charge < -0.3 is 14.9 Å². The fraction of sp³-hybridized carbons (Fsp3) is 0.571. The van der Waals surface area contributed by atoms with E-state index < -0.39 is 11.9 Å². The normalized spacial score (nSPS) is 23.1. The van der Waals surface area contributed by atoms with Gasteiger partial charge in [-0.1, -0.05) is 25.5 Å². The van der Waals surface area contributed by atoms with Crippen molar-refractivity contribution in [2.24, 2.45) is 11.8 Å². The third-order valence-corrected chi connectivity index (χ3v) is 5.86. The van der Waals surface area contributed by atoms with Crippen molar-refractivity contribution >= 4 is 17.8 Å². The van der Waals surface area contributed by atoms with Gasteiger partial charge in [-0.3, -0.25) is 14.4 Å². The molecule has 6 heteroatoms. The Hall–Kier alpha value is -2.37. The van der Waals surface area contributed by atoms with Gasteiger partial charge in [0.25, 0.3) is 5.91 Å². The largest absolute Gasteiger partial charge is 0.481 e. The number of nitrogens with zero attached hydrogens (tertiary/aromatic N) is 2. The molecule has 1 saturated carbocycles. The number of hydrogen-bond donors (Lipinski definition) is 1. The van der Waals surface area contributed by atoms with Crippen LogP contribution in [0.1, 0.15) is 48.5 Å². The smallest absolute Gasteiger partial charge is 0.306 e. The Kier molecular flexibility index (Phi) is 6.14. The van der Waals surface area contributed by atoms with Crippen LogP contribution in [0.5, 0.6) is 0 Å². The lowest BCUT2D eigenvalue weighted by molar-refractivity contribution is -0.146. The van der Waals surface area contributed by atoms with Gasteiger partial charge in [0.1, 0.15) is 0 Å². The van der Waals surface area contributed by atoms with E-state index in [1.165, 1.54) is 5.56 Å². The van der Waals surface area contributed by atoms with Crippen LogP contribution < -0.4 is 0 Å². The predicted molar refractivity (Wildman–Crippen MR) is 101 cm³/mol. The first kappa shape index (κ1) is 19.4. The molecule has 6 nitrogen and oxygen atoms in total. The average molecular weight is 372 g/mol.